The average Bonchev–Trinajstić information content (AvgIpc) is 3.06. The van der Waals surface area contributed by atoms with Crippen molar-refractivity contribution >= 4 is 11.9 Å². The monoisotopic (exact) mass is 470 g/mol. The van der Waals surface area contributed by atoms with Crippen molar-refractivity contribution in [2.45, 2.75) is 63.7 Å². The zero-order valence-corrected chi connectivity index (χ0v) is 19.1. The molecule has 1 N–H and O–H groups in total. The number of carboxylic acids is 1. The largest absolute Gasteiger partial charge is 0.490 e. The predicted molar refractivity (Wildman–Crippen MR) is 117 cm³/mol. The Bertz CT molecular complexity index is 816. The predicted octanol–water partition coefficient (Wildman–Crippen LogP) is 4.01. The molecule has 1 amide bonds. The van der Waals surface area contributed by atoms with Crippen molar-refractivity contribution in [1.29, 1.82) is 0 Å². The highest BCUT2D eigenvalue weighted by molar-refractivity contribution is 5.79. The Morgan fingerprint density at radius 1 is 1.18 bits per heavy atom. The Balaban J connectivity index is 0.000000383. The molecule has 3 fully saturated rings. The van der Waals surface area contributed by atoms with E-state index in [1.165, 1.54) is 30.5 Å². The molecule has 33 heavy (non-hydrogen) atoms. The third-order valence-electron chi connectivity index (χ3n) is 6.99. The van der Waals surface area contributed by atoms with Crippen LogP contribution in [0.3, 0.4) is 0 Å². The number of benzene rings is 1. The van der Waals surface area contributed by atoms with Crippen LogP contribution in [0.15, 0.2) is 24.3 Å². The highest BCUT2D eigenvalue weighted by atomic mass is 19.4. The van der Waals surface area contributed by atoms with Crippen LogP contribution in [0.25, 0.3) is 0 Å². The third kappa shape index (κ3) is 6.93. The molecule has 0 saturated carbocycles. The summed E-state index contributed by atoms with van der Waals surface area (Å²) in [4.78, 5) is 26.4. The number of halogens is 3. The van der Waals surface area contributed by atoms with Gasteiger partial charge in [-0.25, -0.2) is 4.79 Å². The van der Waals surface area contributed by atoms with Gasteiger partial charge in [0.25, 0.3) is 0 Å². The smallest absolute Gasteiger partial charge is 0.475 e. The molecular weight excluding hydrogens is 437 g/mol. The van der Waals surface area contributed by atoms with Gasteiger partial charge in [-0.15, -0.1) is 0 Å². The van der Waals surface area contributed by atoms with E-state index in [-0.39, 0.29) is 5.54 Å². The van der Waals surface area contributed by atoms with Crippen LogP contribution in [0.4, 0.5) is 13.2 Å². The van der Waals surface area contributed by atoms with Gasteiger partial charge in [0, 0.05) is 51.4 Å². The maximum atomic E-state index is 12.6. The van der Waals surface area contributed by atoms with E-state index >= 15 is 0 Å². The number of rotatable bonds is 4. The van der Waals surface area contributed by atoms with E-state index in [0.29, 0.717) is 5.91 Å². The number of carbonyl (C=O) groups excluding carboxylic acids is 1. The van der Waals surface area contributed by atoms with Crippen LogP contribution in [0, 0.1) is 12.8 Å². The molecular formula is C24H33F3N2O4. The lowest BCUT2D eigenvalue weighted by Gasteiger charge is -2.46. The quantitative estimate of drug-likeness (QED) is 0.720. The number of likely N-dealkylation sites (tertiary alicyclic amines) is 2. The van der Waals surface area contributed by atoms with Crippen LogP contribution in [0.1, 0.15) is 49.7 Å². The fourth-order valence-electron chi connectivity index (χ4n) is 5.09. The number of carbonyl (C=O) groups is 2. The molecule has 1 spiro atoms. The van der Waals surface area contributed by atoms with Crippen molar-refractivity contribution in [3.05, 3.63) is 35.4 Å². The second kappa shape index (κ2) is 10.9. The molecule has 0 bridgehead atoms. The lowest BCUT2D eigenvalue weighted by molar-refractivity contribution is -0.192. The van der Waals surface area contributed by atoms with Crippen molar-refractivity contribution in [1.82, 2.24) is 9.80 Å². The van der Waals surface area contributed by atoms with Crippen molar-refractivity contribution in [2.24, 2.45) is 5.92 Å². The summed E-state index contributed by atoms with van der Waals surface area (Å²) in [6, 6.07) is 8.61. The molecule has 3 aliphatic rings. The number of amides is 1. The van der Waals surface area contributed by atoms with E-state index in [0.717, 1.165) is 64.4 Å². The number of aliphatic carboxylic acids is 1. The minimum atomic E-state index is -5.08. The van der Waals surface area contributed by atoms with Gasteiger partial charge in [-0.05, 0) is 50.5 Å². The number of piperidine rings is 1. The van der Waals surface area contributed by atoms with Crippen molar-refractivity contribution in [2.75, 3.05) is 32.8 Å². The van der Waals surface area contributed by atoms with Gasteiger partial charge in [-0.2, -0.15) is 13.2 Å². The van der Waals surface area contributed by atoms with Crippen LogP contribution in [-0.4, -0.2) is 71.3 Å². The minimum Gasteiger partial charge on any atom is -0.475 e. The van der Waals surface area contributed by atoms with Gasteiger partial charge in [0.1, 0.15) is 0 Å². The summed E-state index contributed by atoms with van der Waals surface area (Å²) in [5.74, 6) is -1.61. The number of aryl methyl sites for hydroxylation is 1. The third-order valence-corrected chi connectivity index (χ3v) is 6.99. The molecule has 3 heterocycles. The molecule has 3 aliphatic heterocycles. The Kier molecular flexibility index (Phi) is 8.39. The number of nitrogens with zero attached hydrogens (tertiary/aromatic N) is 2. The van der Waals surface area contributed by atoms with Gasteiger partial charge < -0.3 is 19.6 Å². The summed E-state index contributed by atoms with van der Waals surface area (Å²) in [6.07, 6.45) is 1.37. The van der Waals surface area contributed by atoms with Crippen LogP contribution >= 0.6 is 0 Å². The first-order chi connectivity index (χ1) is 15.6. The summed E-state index contributed by atoms with van der Waals surface area (Å²) in [5, 5.41) is 7.12. The maximum absolute atomic E-state index is 12.6. The molecule has 0 unspecified atom stereocenters. The van der Waals surface area contributed by atoms with Crippen LogP contribution < -0.4 is 0 Å². The van der Waals surface area contributed by atoms with Crippen molar-refractivity contribution in [3.63, 3.8) is 0 Å². The van der Waals surface area contributed by atoms with Gasteiger partial charge >= 0.3 is 12.1 Å². The Hall–Kier alpha value is -2.13. The molecule has 0 aromatic heterocycles. The Labute approximate surface area is 192 Å². The van der Waals surface area contributed by atoms with Gasteiger partial charge in [0.15, 0.2) is 0 Å². The van der Waals surface area contributed by atoms with Gasteiger partial charge in [0.2, 0.25) is 5.91 Å². The normalized spacial score (nSPS) is 21.7. The highest BCUT2D eigenvalue weighted by Crippen LogP contribution is 2.40. The van der Waals surface area contributed by atoms with Gasteiger partial charge in [0.05, 0.1) is 0 Å². The first-order valence-corrected chi connectivity index (χ1v) is 11.6. The zero-order chi connectivity index (χ0) is 24.1. The standard InChI is InChI=1S/C22H32N2O2.C2HF3O2/c1-18-3-2-4-20(15-18)17-24-21(25)5-8-22(24)9-11-23(12-10-22)16-19-6-13-26-14-7-19;3-2(4,5)1(6)7/h2-4,15,19H,5-14,16-17H2,1H3;(H,6,7). The summed E-state index contributed by atoms with van der Waals surface area (Å²) in [5.41, 5.74) is 2.64. The molecule has 3 saturated heterocycles. The van der Waals surface area contributed by atoms with E-state index in [9.17, 15) is 18.0 Å². The molecule has 184 valence electrons. The molecule has 0 radical (unpaired) electrons. The summed E-state index contributed by atoms with van der Waals surface area (Å²) >= 11 is 0. The topological polar surface area (TPSA) is 70.1 Å². The van der Waals surface area contributed by atoms with E-state index in [1.54, 1.807) is 0 Å². The average molecular weight is 471 g/mol. The van der Waals surface area contributed by atoms with Gasteiger partial charge in [-0.3, -0.25) is 4.79 Å². The highest BCUT2D eigenvalue weighted by Gasteiger charge is 2.46. The van der Waals surface area contributed by atoms with E-state index < -0.39 is 12.1 Å². The molecule has 9 heteroatoms. The second-order valence-electron chi connectivity index (χ2n) is 9.35. The van der Waals surface area contributed by atoms with Crippen LogP contribution in [0.5, 0.6) is 0 Å². The van der Waals surface area contributed by atoms with E-state index in [4.69, 9.17) is 14.6 Å². The lowest BCUT2D eigenvalue weighted by atomic mass is 9.84. The molecule has 0 aliphatic carbocycles. The van der Waals surface area contributed by atoms with Crippen molar-refractivity contribution < 1.29 is 32.6 Å². The molecule has 1 aromatic rings. The first kappa shape index (κ1) is 25.5. The minimum absolute atomic E-state index is 0.104. The number of alkyl halides is 3. The van der Waals surface area contributed by atoms with E-state index in [1.807, 2.05) is 0 Å². The molecule has 4 rings (SSSR count). The Morgan fingerprint density at radius 2 is 1.82 bits per heavy atom. The van der Waals surface area contributed by atoms with Gasteiger partial charge in [-0.1, -0.05) is 29.8 Å². The number of hydrogen-bond acceptors (Lipinski definition) is 4. The maximum Gasteiger partial charge on any atom is 0.490 e. The SMILES string of the molecule is Cc1cccc(CN2C(=O)CCC23CCN(CC2CCOCC2)CC3)c1.O=C(O)C(F)(F)F. The summed E-state index contributed by atoms with van der Waals surface area (Å²) in [7, 11) is 0. The number of carboxylic acid groups (broad SMARTS) is 1. The zero-order valence-electron chi connectivity index (χ0n) is 19.1. The van der Waals surface area contributed by atoms with Crippen LogP contribution in [-0.2, 0) is 20.9 Å². The fraction of sp³-hybridized carbons (Fsp3) is 0.667. The summed E-state index contributed by atoms with van der Waals surface area (Å²) in [6.45, 7) is 8.25. The second-order valence-corrected chi connectivity index (χ2v) is 9.35. The molecule has 1 aromatic carbocycles. The molecule has 0 atom stereocenters. The summed E-state index contributed by atoms with van der Waals surface area (Å²) < 4.78 is 37.2. The van der Waals surface area contributed by atoms with Crippen LogP contribution in [0.2, 0.25) is 0 Å². The first-order valence-electron chi connectivity index (χ1n) is 11.6. The number of hydrogen-bond donors (Lipinski definition) is 1. The van der Waals surface area contributed by atoms with Crippen molar-refractivity contribution in [3.8, 4) is 0 Å². The van der Waals surface area contributed by atoms with E-state index in [2.05, 4.69) is 41.0 Å². The number of ether oxygens (including phenoxy) is 1. The fourth-order valence-corrected chi connectivity index (χ4v) is 5.09. The molecule has 6 nitrogen and oxygen atoms in total. The Morgan fingerprint density at radius 3 is 2.39 bits per heavy atom. The lowest BCUT2D eigenvalue weighted by Crippen LogP contribution is -2.53.